The van der Waals surface area contributed by atoms with E-state index in [4.69, 9.17) is 0 Å². The van der Waals surface area contributed by atoms with Crippen LogP contribution in [-0.2, 0) is 16.6 Å². The summed E-state index contributed by atoms with van der Waals surface area (Å²) in [5, 5.41) is 2.82. The maximum absolute atomic E-state index is 11.9. The molecule has 2 heterocycles. The maximum atomic E-state index is 11.9. The molecule has 0 fully saturated rings. The van der Waals surface area contributed by atoms with Crippen molar-refractivity contribution in [2.75, 3.05) is 0 Å². The van der Waals surface area contributed by atoms with E-state index in [1.54, 1.807) is 24.3 Å². The number of amidine groups is 1. The minimum atomic E-state index is -3.45. The van der Waals surface area contributed by atoms with Crippen LogP contribution in [0.5, 0.6) is 0 Å². The number of aliphatic imine (C=N–C) groups is 1. The Hall–Kier alpha value is -1.73. The standard InChI is InChI=1S/C12H11N3O2S2/c1-8-7-18-11(14-8)6-13-12-9-4-2-3-5-10(9)19(16,17)15-12/h2-5,7H,6H2,1H3,(H,13,15). The van der Waals surface area contributed by atoms with Gasteiger partial charge in [-0.2, -0.15) is 0 Å². The molecule has 1 aliphatic heterocycles. The molecule has 1 aliphatic rings. The lowest BCUT2D eigenvalue weighted by Gasteiger charge is -1.97. The van der Waals surface area contributed by atoms with Crippen molar-refractivity contribution in [3.8, 4) is 0 Å². The van der Waals surface area contributed by atoms with Crippen LogP contribution >= 0.6 is 11.3 Å². The van der Waals surface area contributed by atoms with Crippen LogP contribution in [0.4, 0.5) is 0 Å². The Balaban J connectivity index is 1.95. The zero-order valence-corrected chi connectivity index (χ0v) is 11.8. The first-order valence-electron chi connectivity index (χ1n) is 5.64. The third-order valence-corrected chi connectivity index (χ3v) is 5.05. The summed E-state index contributed by atoms with van der Waals surface area (Å²) < 4.78 is 26.2. The molecule has 3 rings (SSSR count). The summed E-state index contributed by atoms with van der Waals surface area (Å²) >= 11 is 1.52. The van der Waals surface area contributed by atoms with Gasteiger partial charge >= 0.3 is 0 Å². The monoisotopic (exact) mass is 293 g/mol. The fourth-order valence-electron chi connectivity index (χ4n) is 1.87. The number of hydrogen-bond acceptors (Lipinski definition) is 5. The average molecular weight is 293 g/mol. The summed E-state index contributed by atoms with van der Waals surface area (Å²) in [5.74, 6) is 0.392. The quantitative estimate of drug-likeness (QED) is 0.916. The van der Waals surface area contributed by atoms with Crippen LogP contribution in [0.1, 0.15) is 16.3 Å². The number of benzene rings is 1. The van der Waals surface area contributed by atoms with Crippen LogP contribution in [0.2, 0.25) is 0 Å². The van der Waals surface area contributed by atoms with Crippen LogP contribution in [0.15, 0.2) is 39.5 Å². The van der Waals surface area contributed by atoms with Gasteiger partial charge in [-0.1, -0.05) is 12.1 Å². The van der Waals surface area contributed by atoms with Crippen molar-refractivity contribution in [2.24, 2.45) is 4.99 Å². The first-order valence-corrected chi connectivity index (χ1v) is 8.00. The molecule has 0 aliphatic carbocycles. The lowest BCUT2D eigenvalue weighted by Crippen LogP contribution is -2.22. The molecule has 1 aromatic heterocycles. The Morgan fingerprint density at radius 2 is 2.16 bits per heavy atom. The minimum absolute atomic E-state index is 0.282. The van der Waals surface area contributed by atoms with E-state index in [-0.39, 0.29) is 4.90 Å². The van der Waals surface area contributed by atoms with Crippen molar-refractivity contribution in [1.29, 1.82) is 0 Å². The molecule has 5 nitrogen and oxygen atoms in total. The smallest absolute Gasteiger partial charge is 0.263 e. The van der Waals surface area contributed by atoms with Gasteiger partial charge in [-0.25, -0.2) is 13.4 Å². The van der Waals surface area contributed by atoms with Gasteiger partial charge in [0.05, 0.1) is 11.4 Å². The maximum Gasteiger partial charge on any atom is 0.263 e. The summed E-state index contributed by atoms with van der Waals surface area (Å²) in [5.41, 5.74) is 1.57. The predicted octanol–water partition coefficient (Wildman–Crippen LogP) is 1.69. The second-order valence-corrected chi connectivity index (χ2v) is 6.74. The molecule has 0 bridgehead atoms. The number of thiazole rings is 1. The van der Waals surface area contributed by atoms with E-state index in [1.807, 2.05) is 12.3 Å². The zero-order valence-electron chi connectivity index (χ0n) is 10.1. The number of rotatable bonds is 2. The van der Waals surface area contributed by atoms with E-state index < -0.39 is 10.0 Å². The topological polar surface area (TPSA) is 71.4 Å². The molecule has 2 aromatic rings. The Morgan fingerprint density at radius 3 is 2.89 bits per heavy atom. The fraction of sp³-hybridized carbons (Fsp3) is 0.167. The molecule has 0 spiro atoms. The van der Waals surface area contributed by atoms with Crippen molar-refractivity contribution in [2.45, 2.75) is 18.4 Å². The molecule has 1 aromatic carbocycles. The lowest BCUT2D eigenvalue weighted by atomic mass is 10.2. The number of aryl methyl sites for hydroxylation is 1. The Morgan fingerprint density at radius 1 is 1.37 bits per heavy atom. The number of aromatic nitrogens is 1. The molecule has 0 saturated carbocycles. The molecule has 0 saturated heterocycles. The van der Waals surface area contributed by atoms with Gasteiger partial charge < -0.3 is 0 Å². The molecule has 1 N–H and O–H groups in total. The van der Waals surface area contributed by atoms with Crippen molar-refractivity contribution in [1.82, 2.24) is 9.71 Å². The highest BCUT2D eigenvalue weighted by atomic mass is 32.2. The van der Waals surface area contributed by atoms with Crippen molar-refractivity contribution in [3.05, 3.63) is 45.9 Å². The SMILES string of the molecule is Cc1csc(CN=C2NS(=O)(=O)c3ccccc32)n1. The molecule has 0 unspecified atom stereocenters. The number of sulfonamides is 1. The van der Waals surface area contributed by atoms with Gasteiger partial charge in [-0.15, -0.1) is 11.3 Å². The normalized spacial score (nSPS) is 18.3. The molecule has 0 radical (unpaired) electrons. The Labute approximate surface area is 115 Å². The fourth-order valence-corrected chi connectivity index (χ4v) is 3.82. The van der Waals surface area contributed by atoms with E-state index in [1.165, 1.54) is 11.3 Å². The first-order chi connectivity index (χ1) is 9.06. The number of fused-ring (bicyclic) bond motifs is 1. The highest BCUT2D eigenvalue weighted by Gasteiger charge is 2.29. The van der Waals surface area contributed by atoms with Crippen LogP contribution in [0.25, 0.3) is 0 Å². The molecule has 7 heteroatoms. The van der Waals surface area contributed by atoms with Crippen LogP contribution < -0.4 is 4.72 Å². The molecule has 0 amide bonds. The summed E-state index contributed by atoms with van der Waals surface area (Å²) in [7, 11) is -3.45. The lowest BCUT2D eigenvalue weighted by molar-refractivity contribution is 0.595. The van der Waals surface area contributed by atoms with Gasteiger partial charge in [-0.3, -0.25) is 9.71 Å². The number of nitrogens with one attached hydrogen (secondary N) is 1. The van der Waals surface area contributed by atoms with Crippen LogP contribution in [0, 0.1) is 6.92 Å². The van der Waals surface area contributed by atoms with E-state index in [2.05, 4.69) is 14.7 Å². The van der Waals surface area contributed by atoms with Crippen LogP contribution in [0.3, 0.4) is 0 Å². The highest BCUT2D eigenvalue weighted by molar-refractivity contribution is 7.90. The summed E-state index contributed by atoms with van der Waals surface area (Å²) in [6, 6.07) is 6.82. The van der Waals surface area contributed by atoms with E-state index in [9.17, 15) is 8.42 Å². The van der Waals surface area contributed by atoms with Gasteiger partial charge in [0.15, 0.2) is 0 Å². The third kappa shape index (κ3) is 2.26. The summed E-state index contributed by atoms with van der Waals surface area (Å²) in [4.78, 5) is 8.90. The van der Waals surface area contributed by atoms with E-state index in [0.717, 1.165) is 10.7 Å². The predicted molar refractivity (Wildman–Crippen MR) is 73.9 cm³/mol. The van der Waals surface area contributed by atoms with Crippen LogP contribution in [-0.4, -0.2) is 19.2 Å². The third-order valence-electron chi connectivity index (χ3n) is 2.70. The molecular weight excluding hydrogens is 282 g/mol. The molecule has 0 atom stereocenters. The highest BCUT2D eigenvalue weighted by Crippen LogP contribution is 2.22. The van der Waals surface area contributed by atoms with E-state index >= 15 is 0 Å². The second kappa shape index (κ2) is 4.43. The number of hydrogen-bond donors (Lipinski definition) is 1. The largest absolute Gasteiger partial charge is 0.263 e. The Bertz CT molecular complexity index is 763. The minimum Gasteiger partial charge on any atom is -0.263 e. The van der Waals surface area contributed by atoms with Gasteiger partial charge in [0.2, 0.25) is 0 Å². The van der Waals surface area contributed by atoms with Gasteiger partial charge in [-0.05, 0) is 19.1 Å². The number of nitrogens with zero attached hydrogens (tertiary/aromatic N) is 2. The molecule has 98 valence electrons. The Kier molecular flexibility index (Phi) is 2.87. The van der Waals surface area contributed by atoms with Gasteiger partial charge in [0, 0.05) is 16.6 Å². The van der Waals surface area contributed by atoms with Gasteiger partial charge in [0.1, 0.15) is 10.8 Å². The zero-order chi connectivity index (χ0) is 13.5. The summed E-state index contributed by atoms with van der Waals surface area (Å²) in [6.07, 6.45) is 0. The first kappa shape index (κ1) is 12.3. The van der Waals surface area contributed by atoms with Crippen molar-refractivity contribution in [3.63, 3.8) is 0 Å². The van der Waals surface area contributed by atoms with Crippen molar-refractivity contribution >= 4 is 27.2 Å². The van der Waals surface area contributed by atoms with Gasteiger partial charge in [0.25, 0.3) is 10.0 Å². The van der Waals surface area contributed by atoms with E-state index in [0.29, 0.717) is 17.9 Å². The van der Waals surface area contributed by atoms with Crippen molar-refractivity contribution < 1.29 is 8.42 Å². The average Bonchev–Trinajstić information content (AvgIpc) is 2.90. The summed E-state index contributed by atoms with van der Waals surface area (Å²) in [6.45, 7) is 2.30. The molecular formula is C12H11N3O2S2. The second-order valence-electron chi connectivity index (χ2n) is 4.15. The molecule has 19 heavy (non-hydrogen) atoms.